The summed E-state index contributed by atoms with van der Waals surface area (Å²) in [6.07, 6.45) is 0.779. The molecule has 0 aliphatic heterocycles. The van der Waals surface area contributed by atoms with E-state index in [0.717, 1.165) is 13.0 Å². The second-order valence-corrected chi connectivity index (χ2v) is 2.59. The first-order valence-electron chi connectivity index (χ1n) is 3.64. The second-order valence-electron chi connectivity index (χ2n) is 2.59. The third kappa shape index (κ3) is 3.82. The molecule has 3 heteroatoms. The average molecular weight is 147 g/mol. The van der Waals surface area contributed by atoms with Crippen molar-refractivity contribution in [3.63, 3.8) is 0 Å². The number of likely N-dealkylation sites (N-methyl/N-ethyl adjacent to an activating group) is 1. The third-order valence-electron chi connectivity index (χ3n) is 1.69. The molecule has 1 unspecified atom stereocenters. The normalized spacial score (nSPS) is 14.1. The van der Waals surface area contributed by atoms with E-state index < -0.39 is 0 Å². The van der Waals surface area contributed by atoms with Crippen LogP contribution in [0.3, 0.4) is 0 Å². The minimum absolute atomic E-state index is 0.182. The van der Waals surface area contributed by atoms with Gasteiger partial charge in [0.25, 0.3) is 0 Å². The summed E-state index contributed by atoms with van der Waals surface area (Å²) in [6, 6.07) is 0.201. The summed E-state index contributed by atoms with van der Waals surface area (Å²) in [5, 5.41) is 17.2. The lowest BCUT2D eigenvalue weighted by Gasteiger charge is -2.21. The predicted molar refractivity (Wildman–Crippen MR) is 40.9 cm³/mol. The first kappa shape index (κ1) is 9.88. The summed E-state index contributed by atoms with van der Waals surface area (Å²) in [4.78, 5) is 2.02. The molecule has 10 heavy (non-hydrogen) atoms. The summed E-state index contributed by atoms with van der Waals surface area (Å²) in [7, 11) is 1.94. The fourth-order valence-electron chi connectivity index (χ4n) is 0.680. The van der Waals surface area contributed by atoms with Gasteiger partial charge in [-0.1, -0.05) is 0 Å². The molecule has 0 aliphatic carbocycles. The summed E-state index contributed by atoms with van der Waals surface area (Å²) in [6.45, 7) is 3.21. The summed E-state index contributed by atoms with van der Waals surface area (Å²) < 4.78 is 0. The first-order chi connectivity index (χ1) is 4.72. The zero-order valence-electron chi connectivity index (χ0n) is 6.75. The SMILES string of the molecule is CC(CO)N(C)CCCO. The molecule has 62 valence electrons. The van der Waals surface area contributed by atoms with Crippen molar-refractivity contribution in [3.8, 4) is 0 Å². The highest BCUT2D eigenvalue weighted by Gasteiger charge is 2.05. The number of nitrogens with zero attached hydrogens (tertiary/aromatic N) is 1. The van der Waals surface area contributed by atoms with Gasteiger partial charge in [-0.05, 0) is 20.4 Å². The van der Waals surface area contributed by atoms with Crippen molar-refractivity contribution in [2.75, 3.05) is 26.8 Å². The van der Waals surface area contributed by atoms with Crippen LogP contribution in [0.1, 0.15) is 13.3 Å². The van der Waals surface area contributed by atoms with Gasteiger partial charge in [-0.3, -0.25) is 0 Å². The predicted octanol–water partition coefficient (Wildman–Crippen LogP) is -0.319. The van der Waals surface area contributed by atoms with Crippen LogP contribution in [0.25, 0.3) is 0 Å². The molecule has 0 fully saturated rings. The van der Waals surface area contributed by atoms with Crippen LogP contribution in [0.15, 0.2) is 0 Å². The standard InChI is InChI=1S/C7H17NO2/c1-7(6-10)8(2)4-3-5-9/h7,9-10H,3-6H2,1-2H3. The Morgan fingerprint density at radius 3 is 2.40 bits per heavy atom. The van der Waals surface area contributed by atoms with E-state index in [0.29, 0.717) is 0 Å². The van der Waals surface area contributed by atoms with Crippen LogP contribution in [-0.4, -0.2) is 48.0 Å². The number of aliphatic hydroxyl groups is 2. The van der Waals surface area contributed by atoms with Crippen molar-refractivity contribution in [1.82, 2.24) is 4.90 Å². The molecule has 0 aromatic heterocycles. The highest BCUT2D eigenvalue weighted by atomic mass is 16.3. The van der Waals surface area contributed by atoms with E-state index in [1.807, 2.05) is 18.9 Å². The molecule has 0 heterocycles. The summed E-state index contributed by atoms with van der Waals surface area (Å²) in [5.74, 6) is 0. The van der Waals surface area contributed by atoms with Crippen LogP contribution in [0.5, 0.6) is 0 Å². The maximum absolute atomic E-state index is 8.70. The molecule has 2 N–H and O–H groups in total. The van der Waals surface area contributed by atoms with Gasteiger partial charge in [-0.2, -0.15) is 0 Å². The molecule has 0 bridgehead atoms. The molecule has 1 atom stereocenters. The van der Waals surface area contributed by atoms with Gasteiger partial charge in [0.15, 0.2) is 0 Å². The van der Waals surface area contributed by atoms with Crippen molar-refractivity contribution >= 4 is 0 Å². The van der Waals surface area contributed by atoms with Crippen LogP contribution in [0.2, 0.25) is 0 Å². The van der Waals surface area contributed by atoms with E-state index in [9.17, 15) is 0 Å². The summed E-state index contributed by atoms with van der Waals surface area (Å²) in [5.41, 5.74) is 0. The quantitative estimate of drug-likeness (QED) is 0.560. The van der Waals surface area contributed by atoms with Crippen molar-refractivity contribution in [3.05, 3.63) is 0 Å². The second kappa shape index (κ2) is 5.65. The van der Waals surface area contributed by atoms with Crippen LogP contribution >= 0.6 is 0 Å². The molecular weight excluding hydrogens is 130 g/mol. The van der Waals surface area contributed by atoms with Gasteiger partial charge in [0.1, 0.15) is 0 Å². The molecule has 0 amide bonds. The Kier molecular flexibility index (Phi) is 5.58. The van der Waals surface area contributed by atoms with Crippen LogP contribution in [-0.2, 0) is 0 Å². The molecule has 0 aromatic rings. The topological polar surface area (TPSA) is 43.7 Å². The van der Waals surface area contributed by atoms with E-state index in [-0.39, 0.29) is 19.3 Å². The largest absolute Gasteiger partial charge is 0.396 e. The van der Waals surface area contributed by atoms with Gasteiger partial charge >= 0.3 is 0 Å². The van der Waals surface area contributed by atoms with Gasteiger partial charge in [-0.25, -0.2) is 0 Å². The first-order valence-corrected chi connectivity index (χ1v) is 3.64. The van der Waals surface area contributed by atoms with Crippen LogP contribution in [0.4, 0.5) is 0 Å². The van der Waals surface area contributed by atoms with Crippen LogP contribution < -0.4 is 0 Å². The molecule has 0 saturated carbocycles. The smallest absolute Gasteiger partial charge is 0.0584 e. The summed E-state index contributed by atoms with van der Waals surface area (Å²) >= 11 is 0. The third-order valence-corrected chi connectivity index (χ3v) is 1.69. The Morgan fingerprint density at radius 2 is 2.00 bits per heavy atom. The molecule has 0 aliphatic rings. The van der Waals surface area contributed by atoms with Crippen molar-refractivity contribution in [2.24, 2.45) is 0 Å². The van der Waals surface area contributed by atoms with Gasteiger partial charge in [-0.15, -0.1) is 0 Å². The monoisotopic (exact) mass is 147 g/mol. The Hall–Kier alpha value is -0.120. The fourth-order valence-corrected chi connectivity index (χ4v) is 0.680. The lowest BCUT2D eigenvalue weighted by molar-refractivity contribution is 0.149. The van der Waals surface area contributed by atoms with E-state index in [1.165, 1.54) is 0 Å². The highest BCUT2D eigenvalue weighted by Crippen LogP contribution is 1.94. The Morgan fingerprint density at radius 1 is 1.40 bits per heavy atom. The van der Waals surface area contributed by atoms with Gasteiger partial charge in [0, 0.05) is 19.2 Å². The molecule has 0 spiro atoms. The fraction of sp³-hybridized carbons (Fsp3) is 1.00. The van der Waals surface area contributed by atoms with E-state index in [4.69, 9.17) is 10.2 Å². The average Bonchev–Trinajstić information content (AvgIpc) is 1.98. The van der Waals surface area contributed by atoms with Gasteiger partial charge < -0.3 is 15.1 Å². The lowest BCUT2D eigenvalue weighted by Crippen LogP contribution is -2.33. The van der Waals surface area contributed by atoms with Crippen molar-refractivity contribution in [1.29, 1.82) is 0 Å². The Labute approximate surface area is 62.3 Å². The van der Waals surface area contributed by atoms with Gasteiger partial charge in [0.05, 0.1) is 6.61 Å². The molecule has 0 saturated heterocycles. The number of aliphatic hydroxyl groups excluding tert-OH is 2. The Bertz CT molecular complexity index is 78.0. The van der Waals surface area contributed by atoms with E-state index >= 15 is 0 Å². The maximum atomic E-state index is 8.70. The minimum Gasteiger partial charge on any atom is -0.396 e. The zero-order chi connectivity index (χ0) is 7.98. The van der Waals surface area contributed by atoms with Gasteiger partial charge in [0.2, 0.25) is 0 Å². The van der Waals surface area contributed by atoms with Crippen molar-refractivity contribution < 1.29 is 10.2 Å². The van der Waals surface area contributed by atoms with Crippen LogP contribution in [0, 0.1) is 0 Å². The minimum atomic E-state index is 0.182. The molecule has 0 radical (unpaired) electrons. The van der Waals surface area contributed by atoms with E-state index in [2.05, 4.69) is 0 Å². The van der Waals surface area contributed by atoms with Crippen molar-refractivity contribution in [2.45, 2.75) is 19.4 Å². The molecule has 3 nitrogen and oxygen atoms in total. The van der Waals surface area contributed by atoms with E-state index in [1.54, 1.807) is 0 Å². The lowest BCUT2D eigenvalue weighted by atomic mass is 10.3. The molecular formula is C7H17NO2. The number of hydrogen-bond acceptors (Lipinski definition) is 3. The Balaban J connectivity index is 3.31. The molecule has 0 rings (SSSR count). The maximum Gasteiger partial charge on any atom is 0.0584 e. The highest BCUT2D eigenvalue weighted by molar-refractivity contribution is 4.60. The number of rotatable bonds is 5. The molecule has 0 aromatic carbocycles. The zero-order valence-corrected chi connectivity index (χ0v) is 6.75. The number of hydrogen-bond donors (Lipinski definition) is 2.